The highest BCUT2D eigenvalue weighted by Gasteiger charge is 2.61. The van der Waals surface area contributed by atoms with Crippen molar-refractivity contribution in [2.24, 2.45) is 5.92 Å². The van der Waals surface area contributed by atoms with Crippen molar-refractivity contribution >= 4 is 33.8 Å². The van der Waals surface area contributed by atoms with Crippen molar-refractivity contribution in [3.8, 4) is 0 Å². The van der Waals surface area contributed by atoms with Crippen molar-refractivity contribution in [3.63, 3.8) is 0 Å². The Labute approximate surface area is 223 Å². The summed E-state index contributed by atoms with van der Waals surface area (Å²) in [6.07, 6.45) is 11.9. The van der Waals surface area contributed by atoms with Crippen LogP contribution in [0.3, 0.4) is 0 Å². The van der Waals surface area contributed by atoms with Crippen molar-refractivity contribution in [1.82, 2.24) is 20.3 Å². The summed E-state index contributed by atoms with van der Waals surface area (Å²) in [4.78, 5) is 54.3. The standard InChI is InChI=1S/C26H38N4O7S/c31-22-21-12-7-15-30(21)23(32)20(27-25(34)37-18-9-6-10-18)11-5-3-1-2-4-8-17-16-26(17,28-22)24(33)29-38(35,36)19-13-14-19/h4,8,17-21H,1-3,5-7,9-16H2,(H,27,34)(H,28,31)(H,29,33)/b8-4-/t17-,20+,21?,26-/m1/s1. The van der Waals surface area contributed by atoms with Crippen molar-refractivity contribution < 1.29 is 32.3 Å². The van der Waals surface area contributed by atoms with Crippen LogP contribution in [-0.2, 0) is 29.1 Å². The number of allylic oxidation sites excluding steroid dienone is 1. The van der Waals surface area contributed by atoms with E-state index in [1.54, 1.807) is 0 Å². The second-order valence-electron chi connectivity index (χ2n) is 11.4. The Balaban J connectivity index is 1.32. The van der Waals surface area contributed by atoms with E-state index in [1.165, 1.54) is 4.90 Å². The minimum atomic E-state index is -3.77. The first-order chi connectivity index (χ1) is 18.2. The fourth-order valence-electron chi connectivity index (χ4n) is 5.59. The summed E-state index contributed by atoms with van der Waals surface area (Å²) in [5, 5.41) is 5.02. The predicted octanol–water partition coefficient (Wildman–Crippen LogP) is 1.63. The normalized spacial score (nSPS) is 33.4. The molecule has 4 atom stereocenters. The summed E-state index contributed by atoms with van der Waals surface area (Å²) in [7, 11) is -3.77. The monoisotopic (exact) mass is 550 g/mol. The molecule has 2 aliphatic heterocycles. The molecule has 3 aliphatic carbocycles. The number of fused-ring (bicyclic) bond motifs is 2. The van der Waals surface area contributed by atoms with Gasteiger partial charge in [0.25, 0.3) is 5.91 Å². The van der Waals surface area contributed by atoms with Gasteiger partial charge in [0.05, 0.1) is 5.25 Å². The Morgan fingerprint density at radius 2 is 1.79 bits per heavy atom. The number of carbonyl (C=O) groups excluding carboxylic acids is 4. The molecule has 3 saturated carbocycles. The van der Waals surface area contributed by atoms with E-state index in [4.69, 9.17) is 4.74 Å². The lowest BCUT2D eigenvalue weighted by Gasteiger charge is -2.31. The number of alkyl carbamates (subject to hydrolysis) is 1. The average molecular weight is 551 g/mol. The van der Waals surface area contributed by atoms with Crippen LogP contribution in [0, 0.1) is 5.92 Å². The van der Waals surface area contributed by atoms with Gasteiger partial charge in [0.2, 0.25) is 21.8 Å². The first-order valence-corrected chi connectivity index (χ1v) is 15.6. The summed E-state index contributed by atoms with van der Waals surface area (Å²) in [5.74, 6) is -1.84. The van der Waals surface area contributed by atoms with Crippen molar-refractivity contribution in [1.29, 1.82) is 0 Å². The molecule has 5 rings (SSSR count). The van der Waals surface area contributed by atoms with Crippen molar-refractivity contribution in [2.75, 3.05) is 6.54 Å². The number of hydrogen-bond acceptors (Lipinski definition) is 7. The van der Waals surface area contributed by atoms with Gasteiger partial charge in [-0.05, 0) is 70.6 Å². The lowest BCUT2D eigenvalue weighted by atomic mass is 9.96. The Hall–Kier alpha value is -2.63. The number of rotatable bonds is 5. The van der Waals surface area contributed by atoms with Crippen LogP contribution in [0.4, 0.5) is 4.79 Å². The third-order valence-corrected chi connectivity index (χ3v) is 10.3. The molecule has 0 bridgehead atoms. The van der Waals surface area contributed by atoms with Crippen LogP contribution in [0.25, 0.3) is 0 Å². The molecule has 0 aromatic heterocycles. The summed E-state index contributed by atoms with van der Waals surface area (Å²) >= 11 is 0. The Bertz CT molecular complexity index is 1100. The molecule has 2 heterocycles. The van der Waals surface area contributed by atoms with Gasteiger partial charge in [0, 0.05) is 12.5 Å². The topological polar surface area (TPSA) is 151 Å². The Morgan fingerprint density at radius 1 is 1.00 bits per heavy atom. The SMILES string of the molecule is O=C(N[C@H]1CCCCC/C=C\[C@@H]2C[C@@]2(C(=O)NS(=O)(=O)C2CC2)NC(=O)C2CCCN2C1=O)OC1CCC1. The van der Waals surface area contributed by atoms with Gasteiger partial charge >= 0.3 is 6.09 Å². The molecule has 4 fully saturated rings. The molecule has 11 nitrogen and oxygen atoms in total. The van der Waals surface area contributed by atoms with Crippen LogP contribution in [0.1, 0.15) is 83.5 Å². The maximum atomic E-state index is 13.6. The molecule has 3 N–H and O–H groups in total. The lowest BCUT2D eigenvalue weighted by molar-refractivity contribution is -0.141. The Kier molecular flexibility index (Phi) is 7.70. The highest BCUT2D eigenvalue weighted by molar-refractivity contribution is 7.91. The highest BCUT2D eigenvalue weighted by Crippen LogP contribution is 2.46. The van der Waals surface area contributed by atoms with E-state index in [1.807, 2.05) is 12.2 Å². The van der Waals surface area contributed by atoms with Gasteiger partial charge in [-0.2, -0.15) is 0 Å². The first-order valence-electron chi connectivity index (χ1n) is 14.0. The number of nitrogens with one attached hydrogen (secondary N) is 3. The van der Waals surface area contributed by atoms with E-state index in [-0.39, 0.29) is 17.9 Å². The zero-order valence-electron chi connectivity index (χ0n) is 21.7. The largest absolute Gasteiger partial charge is 0.446 e. The van der Waals surface area contributed by atoms with E-state index in [2.05, 4.69) is 15.4 Å². The lowest BCUT2D eigenvalue weighted by Crippen LogP contribution is -2.58. The summed E-state index contributed by atoms with van der Waals surface area (Å²) < 4.78 is 32.5. The molecular weight excluding hydrogens is 512 g/mol. The molecule has 0 aromatic carbocycles. The van der Waals surface area contributed by atoms with E-state index >= 15 is 0 Å². The third kappa shape index (κ3) is 5.84. The molecular formula is C26H38N4O7S. The Morgan fingerprint density at radius 3 is 2.50 bits per heavy atom. The summed E-state index contributed by atoms with van der Waals surface area (Å²) in [5.41, 5.74) is -1.35. The molecule has 12 heteroatoms. The molecule has 0 spiro atoms. The quantitative estimate of drug-likeness (QED) is 0.440. The maximum Gasteiger partial charge on any atom is 0.408 e. The predicted molar refractivity (Wildman–Crippen MR) is 137 cm³/mol. The fraction of sp³-hybridized carbons (Fsp3) is 0.769. The molecule has 5 aliphatic rings. The number of hydrogen-bond donors (Lipinski definition) is 3. The van der Waals surface area contributed by atoms with Gasteiger partial charge in [-0.1, -0.05) is 25.0 Å². The van der Waals surface area contributed by atoms with Gasteiger partial charge in [-0.25, -0.2) is 13.2 Å². The number of ether oxygens (including phenoxy) is 1. The average Bonchev–Trinajstić information content (AvgIpc) is 3.76. The number of amides is 4. The number of sulfonamides is 1. The third-order valence-electron chi connectivity index (χ3n) is 8.45. The van der Waals surface area contributed by atoms with E-state index in [0.717, 1.165) is 44.9 Å². The zero-order valence-corrected chi connectivity index (χ0v) is 22.5. The van der Waals surface area contributed by atoms with Gasteiger partial charge in [0.1, 0.15) is 23.7 Å². The fourth-order valence-corrected chi connectivity index (χ4v) is 6.96. The van der Waals surface area contributed by atoms with Crippen LogP contribution < -0.4 is 15.4 Å². The minimum Gasteiger partial charge on any atom is -0.446 e. The van der Waals surface area contributed by atoms with Crippen LogP contribution in [0.5, 0.6) is 0 Å². The van der Waals surface area contributed by atoms with Gasteiger partial charge in [-0.3, -0.25) is 19.1 Å². The smallest absolute Gasteiger partial charge is 0.408 e. The second-order valence-corrected chi connectivity index (χ2v) is 13.3. The van der Waals surface area contributed by atoms with Crippen LogP contribution in [0.15, 0.2) is 12.2 Å². The van der Waals surface area contributed by atoms with Crippen LogP contribution >= 0.6 is 0 Å². The summed E-state index contributed by atoms with van der Waals surface area (Å²) in [6, 6.07) is -1.60. The van der Waals surface area contributed by atoms with Crippen LogP contribution in [0.2, 0.25) is 0 Å². The van der Waals surface area contributed by atoms with Crippen LogP contribution in [-0.4, -0.2) is 72.7 Å². The molecule has 0 radical (unpaired) electrons. The molecule has 38 heavy (non-hydrogen) atoms. The molecule has 1 unspecified atom stereocenters. The van der Waals surface area contributed by atoms with Gasteiger partial charge in [-0.15, -0.1) is 0 Å². The molecule has 1 saturated heterocycles. The van der Waals surface area contributed by atoms with Crippen molar-refractivity contribution in [2.45, 2.75) is 112 Å². The maximum absolute atomic E-state index is 13.6. The van der Waals surface area contributed by atoms with E-state index in [9.17, 15) is 27.6 Å². The van der Waals surface area contributed by atoms with Gasteiger partial charge in [0.15, 0.2) is 0 Å². The molecule has 0 aromatic rings. The van der Waals surface area contributed by atoms with Crippen molar-refractivity contribution in [3.05, 3.63) is 12.2 Å². The van der Waals surface area contributed by atoms with Gasteiger partial charge < -0.3 is 20.3 Å². The van der Waals surface area contributed by atoms with E-state index in [0.29, 0.717) is 45.1 Å². The molecule has 4 amide bonds. The number of carbonyl (C=O) groups is 4. The highest BCUT2D eigenvalue weighted by atomic mass is 32.2. The molecule has 210 valence electrons. The zero-order chi connectivity index (χ0) is 26.9. The minimum absolute atomic E-state index is 0.109. The first kappa shape index (κ1) is 27.0. The number of nitrogens with zero attached hydrogens (tertiary/aromatic N) is 1. The summed E-state index contributed by atoms with van der Waals surface area (Å²) in [6.45, 7) is 0.366. The van der Waals surface area contributed by atoms with E-state index < -0.39 is 50.8 Å². The second kappa shape index (κ2) is 10.9.